The van der Waals surface area contributed by atoms with E-state index in [1.807, 2.05) is 0 Å². The maximum Gasteiger partial charge on any atom is 0.393 e. The van der Waals surface area contributed by atoms with Gasteiger partial charge in [-0.3, -0.25) is 14.2 Å². The molecule has 1 amide bonds. The summed E-state index contributed by atoms with van der Waals surface area (Å²) in [6, 6.07) is 6.72. The van der Waals surface area contributed by atoms with Crippen LogP contribution in [0.4, 0.5) is 13.2 Å². The molecule has 1 aromatic heterocycles. The van der Waals surface area contributed by atoms with E-state index in [0.717, 1.165) is 4.57 Å². The topological polar surface area (TPSA) is 55.2 Å². The molecule has 0 N–H and O–H groups in total. The zero-order valence-electron chi connectivity index (χ0n) is 12.8. The van der Waals surface area contributed by atoms with E-state index in [-0.39, 0.29) is 31.6 Å². The molecule has 1 fully saturated rings. The van der Waals surface area contributed by atoms with Gasteiger partial charge in [0, 0.05) is 13.1 Å². The molecule has 128 valence electrons. The number of hydrogen-bond acceptors (Lipinski definition) is 3. The van der Waals surface area contributed by atoms with Gasteiger partial charge in [0.1, 0.15) is 6.54 Å². The maximum atomic E-state index is 12.8. The lowest BCUT2D eigenvalue weighted by atomic mass is 9.97. The Hall–Kier alpha value is -2.38. The van der Waals surface area contributed by atoms with Crippen LogP contribution in [0.15, 0.2) is 35.4 Å². The molecule has 0 bridgehead atoms. The summed E-state index contributed by atoms with van der Waals surface area (Å²) in [5.74, 6) is -2.00. The van der Waals surface area contributed by atoms with Gasteiger partial charge in [-0.1, -0.05) is 12.1 Å². The average molecular weight is 339 g/mol. The molecule has 8 heteroatoms. The summed E-state index contributed by atoms with van der Waals surface area (Å²) in [6.45, 7) is -0.374. The van der Waals surface area contributed by atoms with Crippen molar-refractivity contribution in [3.63, 3.8) is 0 Å². The molecule has 2 heterocycles. The van der Waals surface area contributed by atoms with Crippen molar-refractivity contribution in [2.75, 3.05) is 13.1 Å². The summed E-state index contributed by atoms with van der Waals surface area (Å²) in [4.78, 5) is 29.9. The summed E-state index contributed by atoms with van der Waals surface area (Å²) >= 11 is 0. The predicted molar refractivity (Wildman–Crippen MR) is 81.4 cm³/mol. The van der Waals surface area contributed by atoms with E-state index in [0.29, 0.717) is 17.3 Å². The first-order valence-corrected chi connectivity index (χ1v) is 7.65. The van der Waals surface area contributed by atoms with E-state index in [1.54, 1.807) is 24.3 Å². The third-order valence-electron chi connectivity index (χ3n) is 4.27. The number of hydrogen-bond donors (Lipinski definition) is 0. The van der Waals surface area contributed by atoms with Crippen molar-refractivity contribution in [1.82, 2.24) is 14.5 Å². The Labute approximate surface area is 135 Å². The minimum Gasteiger partial charge on any atom is -0.341 e. The average Bonchev–Trinajstić information content (AvgIpc) is 2.57. The summed E-state index contributed by atoms with van der Waals surface area (Å²) in [6.07, 6.45) is -2.71. The predicted octanol–water partition coefficient (Wildman–Crippen LogP) is 2.20. The van der Waals surface area contributed by atoms with Crippen LogP contribution in [0.25, 0.3) is 10.9 Å². The number of fused-ring (bicyclic) bond motifs is 1. The molecule has 0 aliphatic carbocycles. The zero-order valence-corrected chi connectivity index (χ0v) is 12.8. The Morgan fingerprint density at radius 3 is 2.79 bits per heavy atom. The smallest absolute Gasteiger partial charge is 0.341 e. The first-order valence-electron chi connectivity index (χ1n) is 7.65. The van der Waals surface area contributed by atoms with Gasteiger partial charge in [-0.25, -0.2) is 4.98 Å². The van der Waals surface area contributed by atoms with Crippen LogP contribution in [-0.2, 0) is 11.3 Å². The number of amides is 1. The number of benzene rings is 1. The third-order valence-corrected chi connectivity index (χ3v) is 4.27. The number of nitrogens with zero attached hydrogens (tertiary/aromatic N) is 3. The van der Waals surface area contributed by atoms with Gasteiger partial charge in [-0.15, -0.1) is 0 Å². The van der Waals surface area contributed by atoms with Gasteiger partial charge >= 0.3 is 6.18 Å². The van der Waals surface area contributed by atoms with Crippen LogP contribution in [0, 0.1) is 5.92 Å². The maximum absolute atomic E-state index is 12.8. The Morgan fingerprint density at radius 1 is 1.29 bits per heavy atom. The van der Waals surface area contributed by atoms with Gasteiger partial charge in [-0.2, -0.15) is 13.2 Å². The number of para-hydroxylation sites is 1. The molecule has 0 radical (unpaired) electrons. The molecular weight excluding hydrogens is 323 g/mol. The van der Waals surface area contributed by atoms with Gasteiger partial charge in [0.15, 0.2) is 0 Å². The zero-order chi connectivity index (χ0) is 17.3. The number of piperidine rings is 1. The van der Waals surface area contributed by atoms with Gasteiger partial charge in [0.2, 0.25) is 5.91 Å². The minimum absolute atomic E-state index is 0.0325. The highest BCUT2D eigenvalue weighted by atomic mass is 19.4. The lowest BCUT2D eigenvalue weighted by Gasteiger charge is -2.33. The van der Waals surface area contributed by atoms with Gasteiger partial charge < -0.3 is 4.90 Å². The van der Waals surface area contributed by atoms with E-state index in [1.165, 1.54) is 11.2 Å². The largest absolute Gasteiger partial charge is 0.393 e. The lowest BCUT2D eigenvalue weighted by molar-refractivity contribution is -0.188. The molecule has 3 rings (SSSR count). The number of rotatable bonds is 2. The number of aromatic nitrogens is 2. The molecule has 1 aliphatic rings. The Kier molecular flexibility index (Phi) is 4.29. The Balaban J connectivity index is 1.78. The van der Waals surface area contributed by atoms with Crippen molar-refractivity contribution in [3.8, 4) is 0 Å². The molecule has 1 saturated heterocycles. The van der Waals surface area contributed by atoms with E-state index in [9.17, 15) is 22.8 Å². The number of alkyl halides is 3. The number of carbonyl (C=O) groups is 1. The molecule has 2 aromatic rings. The summed E-state index contributed by atoms with van der Waals surface area (Å²) in [7, 11) is 0. The van der Waals surface area contributed by atoms with Crippen molar-refractivity contribution < 1.29 is 18.0 Å². The molecule has 0 spiro atoms. The highest BCUT2D eigenvalue weighted by Crippen LogP contribution is 2.33. The molecule has 1 aliphatic heterocycles. The Morgan fingerprint density at radius 2 is 2.04 bits per heavy atom. The first-order chi connectivity index (χ1) is 11.4. The van der Waals surface area contributed by atoms with Crippen LogP contribution < -0.4 is 5.56 Å². The standard InChI is InChI=1S/C16H16F3N3O2/c17-16(18,19)11-4-3-7-21(8-11)14(23)9-22-10-20-13-6-2-1-5-12(13)15(22)24/h1-2,5-6,10-11H,3-4,7-9H2/t11-/m0/s1. The molecule has 24 heavy (non-hydrogen) atoms. The molecule has 1 atom stereocenters. The van der Waals surface area contributed by atoms with Crippen molar-refractivity contribution in [3.05, 3.63) is 40.9 Å². The lowest BCUT2D eigenvalue weighted by Crippen LogP contribution is -2.46. The highest BCUT2D eigenvalue weighted by molar-refractivity contribution is 5.79. The van der Waals surface area contributed by atoms with Crippen LogP contribution in [0.3, 0.4) is 0 Å². The van der Waals surface area contributed by atoms with Crippen LogP contribution in [0.5, 0.6) is 0 Å². The second-order valence-corrected chi connectivity index (χ2v) is 5.92. The van der Waals surface area contributed by atoms with Crippen LogP contribution in [0.1, 0.15) is 12.8 Å². The fraction of sp³-hybridized carbons (Fsp3) is 0.438. The van der Waals surface area contributed by atoms with E-state index in [2.05, 4.69) is 4.98 Å². The number of halogens is 3. The molecule has 1 aromatic carbocycles. The van der Waals surface area contributed by atoms with Crippen LogP contribution in [-0.4, -0.2) is 39.6 Å². The fourth-order valence-electron chi connectivity index (χ4n) is 2.94. The van der Waals surface area contributed by atoms with Crippen molar-refractivity contribution >= 4 is 16.8 Å². The summed E-state index contributed by atoms with van der Waals surface area (Å²) in [5, 5.41) is 0.375. The van der Waals surface area contributed by atoms with E-state index < -0.39 is 18.0 Å². The van der Waals surface area contributed by atoms with Gasteiger partial charge in [0.25, 0.3) is 5.56 Å². The van der Waals surface area contributed by atoms with Gasteiger partial charge in [0.05, 0.1) is 23.1 Å². The van der Waals surface area contributed by atoms with Gasteiger partial charge in [-0.05, 0) is 25.0 Å². The Bertz CT molecular complexity index is 816. The summed E-state index contributed by atoms with van der Waals surface area (Å²) < 4.78 is 39.7. The SMILES string of the molecule is O=C(Cn1cnc2ccccc2c1=O)N1CCC[C@H](C(F)(F)F)C1. The fourth-order valence-corrected chi connectivity index (χ4v) is 2.94. The van der Waals surface area contributed by atoms with Crippen LogP contribution >= 0.6 is 0 Å². The molecule has 5 nitrogen and oxygen atoms in total. The van der Waals surface area contributed by atoms with Crippen molar-refractivity contribution in [2.45, 2.75) is 25.6 Å². The number of carbonyl (C=O) groups excluding carboxylic acids is 1. The summed E-state index contributed by atoms with van der Waals surface area (Å²) in [5.41, 5.74) is 0.139. The second-order valence-electron chi connectivity index (χ2n) is 5.92. The highest BCUT2D eigenvalue weighted by Gasteiger charge is 2.42. The number of likely N-dealkylation sites (tertiary alicyclic amines) is 1. The van der Waals surface area contributed by atoms with E-state index in [4.69, 9.17) is 0 Å². The van der Waals surface area contributed by atoms with Crippen molar-refractivity contribution in [1.29, 1.82) is 0 Å². The second kappa shape index (κ2) is 6.26. The van der Waals surface area contributed by atoms with Crippen LogP contribution in [0.2, 0.25) is 0 Å². The third kappa shape index (κ3) is 3.27. The van der Waals surface area contributed by atoms with Crippen molar-refractivity contribution in [2.24, 2.45) is 5.92 Å². The van der Waals surface area contributed by atoms with E-state index >= 15 is 0 Å². The minimum atomic E-state index is -4.31. The monoisotopic (exact) mass is 339 g/mol. The first kappa shape index (κ1) is 16.5. The quantitative estimate of drug-likeness (QED) is 0.843. The molecule has 0 saturated carbocycles. The molecule has 0 unspecified atom stereocenters. The normalized spacial score (nSPS) is 18.8. The molecular formula is C16H16F3N3O2.